The van der Waals surface area contributed by atoms with E-state index in [4.69, 9.17) is 0 Å². The van der Waals surface area contributed by atoms with Gasteiger partial charge < -0.3 is 24.0 Å². The maximum atomic E-state index is 12.9. The minimum absolute atomic E-state index is 0. The van der Waals surface area contributed by atoms with Crippen LogP contribution >= 0.6 is 11.3 Å². The predicted octanol–water partition coefficient (Wildman–Crippen LogP) is -0.0113. The lowest BCUT2D eigenvalue weighted by Crippen LogP contribution is -3.00. The molecule has 1 aliphatic heterocycles. The van der Waals surface area contributed by atoms with Crippen LogP contribution in [0.1, 0.15) is 49.9 Å². The van der Waals surface area contributed by atoms with Crippen molar-refractivity contribution in [1.82, 2.24) is 4.57 Å². The van der Waals surface area contributed by atoms with Crippen LogP contribution in [0.4, 0.5) is 0 Å². The molecule has 1 aliphatic carbocycles. The lowest BCUT2D eigenvalue weighted by molar-refractivity contribution is -0.654. The van der Waals surface area contributed by atoms with Crippen LogP contribution in [0.5, 0.6) is 0 Å². The number of rotatable bonds is 0. The zero-order chi connectivity index (χ0) is 15.6. The second kappa shape index (κ2) is 5.83. The van der Waals surface area contributed by atoms with Gasteiger partial charge in [-0.25, -0.2) is 9.36 Å². The molecule has 5 heteroatoms. The lowest BCUT2D eigenvalue weighted by Gasteiger charge is -2.33. The SMILES string of the molecule is C[n+]1c2n(c(=O)c3c4c(sc31)CC(C(C)(C)C)CC4)CCC2.[I-]. The summed E-state index contributed by atoms with van der Waals surface area (Å²) < 4.78 is 4.31. The van der Waals surface area contributed by atoms with Gasteiger partial charge in [0.1, 0.15) is 5.39 Å². The Morgan fingerprint density at radius 1 is 1.26 bits per heavy atom. The van der Waals surface area contributed by atoms with Gasteiger partial charge in [0, 0.05) is 4.88 Å². The third kappa shape index (κ3) is 2.58. The van der Waals surface area contributed by atoms with Crippen LogP contribution in [0.25, 0.3) is 10.2 Å². The van der Waals surface area contributed by atoms with E-state index in [0.29, 0.717) is 5.41 Å². The smallest absolute Gasteiger partial charge is 0.346 e. The molecule has 1 atom stereocenters. The molecule has 0 N–H and O–H groups in total. The number of aryl methyl sites for hydroxylation is 2. The van der Waals surface area contributed by atoms with Crippen molar-refractivity contribution >= 4 is 21.6 Å². The van der Waals surface area contributed by atoms with E-state index in [1.54, 1.807) is 0 Å². The van der Waals surface area contributed by atoms with Crippen LogP contribution in [0.3, 0.4) is 0 Å². The van der Waals surface area contributed by atoms with Gasteiger partial charge in [0.05, 0.1) is 20.0 Å². The van der Waals surface area contributed by atoms with Gasteiger partial charge in [0.25, 0.3) is 5.82 Å². The van der Waals surface area contributed by atoms with Crippen LogP contribution in [-0.4, -0.2) is 4.57 Å². The van der Waals surface area contributed by atoms with Crippen LogP contribution in [0, 0.1) is 11.3 Å². The molecule has 2 aromatic rings. The molecule has 0 spiro atoms. The van der Waals surface area contributed by atoms with E-state index in [9.17, 15) is 4.79 Å². The minimum atomic E-state index is 0. The number of hydrogen-bond acceptors (Lipinski definition) is 2. The summed E-state index contributed by atoms with van der Waals surface area (Å²) in [7, 11) is 2.14. The molecule has 3 nitrogen and oxygen atoms in total. The van der Waals surface area contributed by atoms with Gasteiger partial charge in [-0.1, -0.05) is 32.1 Å². The summed E-state index contributed by atoms with van der Waals surface area (Å²) in [6.45, 7) is 7.94. The van der Waals surface area contributed by atoms with Crippen molar-refractivity contribution < 1.29 is 28.5 Å². The quantitative estimate of drug-likeness (QED) is 0.415. The fourth-order valence-corrected chi connectivity index (χ4v) is 5.65. The highest BCUT2D eigenvalue weighted by atomic mass is 127. The Morgan fingerprint density at radius 3 is 2.70 bits per heavy atom. The maximum absolute atomic E-state index is 12.9. The summed E-state index contributed by atoms with van der Waals surface area (Å²) in [5, 5.41) is 1.03. The summed E-state index contributed by atoms with van der Waals surface area (Å²) in [6.07, 6.45) is 5.58. The van der Waals surface area contributed by atoms with Crippen molar-refractivity contribution in [3.63, 3.8) is 0 Å². The average molecular weight is 444 g/mol. The first-order valence-corrected chi connectivity index (χ1v) is 9.25. The molecule has 0 amide bonds. The number of fused-ring (bicyclic) bond motifs is 4. The summed E-state index contributed by atoms with van der Waals surface area (Å²) in [4.78, 5) is 15.6. The van der Waals surface area contributed by atoms with Crippen LogP contribution in [0.15, 0.2) is 4.79 Å². The van der Waals surface area contributed by atoms with Gasteiger partial charge in [0.15, 0.2) is 4.83 Å². The molecule has 2 aromatic heterocycles. The first-order valence-electron chi connectivity index (χ1n) is 8.44. The first-order chi connectivity index (χ1) is 10.4. The minimum Gasteiger partial charge on any atom is -1.00 e. The number of halogens is 1. The Morgan fingerprint density at radius 2 is 2.00 bits per heavy atom. The van der Waals surface area contributed by atoms with E-state index in [-0.39, 0.29) is 29.5 Å². The number of thiophene rings is 1. The Bertz CT molecular complexity index is 828. The Labute approximate surface area is 158 Å². The van der Waals surface area contributed by atoms with E-state index >= 15 is 0 Å². The zero-order valence-corrected chi connectivity index (χ0v) is 17.4. The molecule has 3 heterocycles. The molecule has 0 bridgehead atoms. The lowest BCUT2D eigenvalue weighted by atomic mass is 9.72. The number of hydrogen-bond donors (Lipinski definition) is 0. The highest BCUT2D eigenvalue weighted by Gasteiger charge is 2.35. The van der Waals surface area contributed by atoms with E-state index in [1.165, 1.54) is 27.5 Å². The predicted molar refractivity (Wildman–Crippen MR) is 90.6 cm³/mol. The number of aromatic nitrogens is 2. The van der Waals surface area contributed by atoms with Crippen molar-refractivity contribution in [3.8, 4) is 0 Å². The van der Waals surface area contributed by atoms with Crippen LogP contribution in [-0.2, 0) is 32.9 Å². The molecule has 1 unspecified atom stereocenters. The number of nitrogens with zero attached hydrogens (tertiary/aromatic N) is 2. The second-order valence-corrected chi connectivity index (χ2v) is 9.11. The molecule has 4 rings (SSSR count). The fraction of sp³-hybridized carbons (Fsp3) is 0.667. The second-order valence-electron chi connectivity index (χ2n) is 8.03. The first kappa shape index (κ1) is 17.4. The van der Waals surface area contributed by atoms with Gasteiger partial charge in [-0.3, -0.25) is 0 Å². The van der Waals surface area contributed by atoms with Crippen molar-refractivity contribution in [2.24, 2.45) is 18.4 Å². The van der Waals surface area contributed by atoms with E-state index in [2.05, 4.69) is 32.4 Å². The monoisotopic (exact) mass is 444 g/mol. The molecule has 126 valence electrons. The highest BCUT2D eigenvalue weighted by molar-refractivity contribution is 7.18. The van der Waals surface area contributed by atoms with Crippen LogP contribution < -0.4 is 34.1 Å². The Balaban J connectivity index is 0.00000156. The summed E-state index contributed by atoms with van der Waals surface area (Å²) in [6, 6.07) is 0. The van der Waals surface area contributed by atoms with Gasteiger partial charge in [-0.2, -0.15) is 4.57 Å². The molecular formula is C18H25IN2OS. The van der Waals surface area contributed by atoms with E-state index in [1.807, 2.05) is 15.9 Å². The molecule has 2 aliphatic rings. The molecule has 0 saturated carbocycles. The Kier molecular flexibility index (Phi) is 4.41. The Hall–Kier alpha value is -0.430. The van der Waals surface area contributed by atoms with Crippen molar-refractivity contribution in [2.75, 3.05) is 0 Å². The normalized spacial score (nSPS) is 20.3. The molecule has 0 aromatic carbocycles. The van der Waals surface area contributed by atoms with Crippen molar-refractivity contribution in [2.45, 2.75) is 59.4 Å². The standard InChI is InChI=1S/C18H25N2OS.HI/c1-18(2,3)11-7-8-12-13(10-11)22-17-15(12)16(21)20-9-5-6-14(20)19(17)4;/h11H,5-10H2,1-4H3;1H/q+1;/p-1. The van der Waals surface area contributed by atoms with Gasteiger partial charge >= 0.3 is 5.56 Å². The van der Waals surface area contributed by atoms with E-state index in [0.717, 1.165) is 43.5 Å². The fourth-order valence-electron chi connectivity index (χ4n) is 4.25. The third-order valence-electron chi connectivity index (χ3n) is 5.72. The van der Waals surface area contributed by atoms with Crippen LogP contribution in [0.2, 0.25) is 0 Å². The van der Waals surface area contributed by atoms with Gasteiger partial charge in [-0.15, -0.1) is 0 Å². The third-order valence-corrected chi connectivity index (χ3v) is 7.05. The summed E-state index contributed by atoms with van der Waals surface area (Å²) in [5.41, 5.74) is 1.99. The topological polar surface area (TPSA) is 25.9 Å². The molecular weight excluding hydrogens is 419 g/mol. The molecule has 0 radical (unpaired) electrons. The zero-order valence-electron chi connectivity index (χ0n) is 14.4. The largest absolute Gasteiger partial charge is 1.00 e. The van der Waals surface area contributed by atoms with Crippen molar-refractivity contribution in [3.05, 3.63) is 26.6 Å². The maximum Gasteiger partial charge on any atom is 0.346 e. The summed E-state index contributed by atoms with van der Waals surface area (Å²) >= 11 is 1.88. The van der Waals surface area contributed by atoms with Crippen molar-refractivity contribution in [1.29, 1.82) is 0 Å². The molecule has 23 heavy (non-hydrogen) atoms. The average Bonchev–Trinajstić information content (AvgIpc) is 3.08. The molecule has 0 saturated heterocycles. The van der Waals surface area contributed by atoms with Gasteiger partial charge in [-0.05, 0) is 42.6 Å². The highest BCUT2D eigenvalue weighted by Crippen LogP contribution is 2.41. The van der Waals surface area contributed by atoms with Gasteiger partial charge in [0.2, 0.25) is 0 Å². The van der Waals surface area contributed by atoms with E-state index < -0.39 is 0 Å². The summed E-state index contributed by atoms with van der Waals surface area (Å²) in [5.74, 6) is 1.94. The molecule has 0 fully saturated rings.